The van der Waals surface area contributed by atoms with E-state index in [0.29, 0.717) is 27.1 Å². The first-order chi connectivity index (χ1) is 15.9. The lowest BCUT2D eigenvalue weighted by Gasteiger charge is -2.23. The molecule has 2 heterocycles. The summed E-state index contributed by atoms with van der Waals surface area (Å²) in [5.74, 6) is 0.933. The van der Waals surface area contributed by atoms with Gasteiger partial charge in [0.05, 0.1) is 21.2 Å². The highest BCUT2D eigenvalue weighted by molar-refractivity contribution is 7.20. The molecule has 5 rings (SSSR count). The predicted octanol–water partition coefficient (Wildman–Crippen LogP) is 6.15. The lowest BCUT2D eigenvalue weighted by Crippen LogP contribution is -2.36. The van der Waals surface area contributed by atoms with Crippen LogP contribution in [0.25, 0.3) is 10.2 Å². The summed E-state index contributed by atoms with van der Waals surface area (Å²) in [7, 11) is 0. The molecule has 2 saturated carbocycles. The van der Waals surface area contributed by atoms with Crippen LogP contribution in [0, 0.1) is 13.8 Å². The standard InChI is InChI=1S/C25H27ClN4O2S/c1-13-20-14(2)27-22(15-8-9-15)30-25(20)33-21(13)24(32)29-17-10-11-19(26)18(12-17)23(31)28-16-6-4-3-5-7-16/h10-12,15-16H,3-9H2,1-2H3,(H,28,31)(H,29,32). The van der Waals surface area contributed by atoms with Crippen molar-refractivity contribution in [2.75, 3.05) is 5.32 Å². The van der Waals surface area contributed by atoms with Gasteiger partial charge >= 0.3 is 0 Å². The first-order valence-electron chi connectivity index (χ1n) is 11.6. The molecule has 0 saturated heterocycles. The number of amides is 2. The summed E-state index contributed by atoms with van der Waals surface area (Å²) in [4.78, 5) is 36.8. The molecule has 0 bridgehead atoms. The van der Waals surface area contributed by atoms with E-state index in [-0.39, 0.29) is 17.9 Å². The number of nitrogens with one attached hydrogen (secondary N) is 2. The molecule has 0 spiro atoms. The number of hydrogen-bond acceptors (Lipinski definition) is 5. The monoisotopic (exact) mass is 482 g/mol. The molecule has 0 radical (unpaired) electrons. The van der Waals surface area contributed by atoms with Crippen LogP contribution in [0.3, 0.4) is 0 Å². The van der Waals surface area contributed by atoms with Crippen LogP contribution in [0.5, 0.6) is 0 Å². The van der Waals surface area contributed by atoms with Crippen molar-refractivity contribution in [1.82, 2.24) is 15.3 Å². The number of anilines is 1. The number of carbonyl (C=O) groups excluding carboxylic acids is 2. The zero-order chi connectivity index (χ0) is 23.1. The van der Waals surface area contributed by atoms with Crippen molar-refractivity contribution in [3.8, 4) is 0 Å². The largest absolute Gasteiger partial charge is 0.349 e. The van der Waals surface area contributed by atoms with Crippen LogP contribution in [-0.4, -0.2) is 27.8 Å². The van der Waals surface area contributed by atoms with Gasteiger partial charge in [0.1, 0.15) is 10.7 Å². The summed E-state index contributed by atoms with van der Waals surface area (Å²) in [6.07, 6.45) is 7.75. The molecule has 2 N–H and O–H groups in total. The number of fused-ring (bicyclic) bond motifs is 1. The lowest BCUT2D eigenvalue weighted by atomic mass is 9.95. The minimum atomic E-state index is -0.219. The minimum Gasteiger partial charge on any atom is -0.349 e. The fraction of sp³-hybridized carbons (Fsp3) is 0.440. The van der Waals surface area contributed by atoms with Gasteiger partial charge in [-0.1, -0.05) is 30.9 Å². The number of nitrogens with zero attached hydrogens (tertiary/aromatic N) is 2. The van der Waals surface area contributed by atoms with Gasteiger partial charge in [0, 0.05) is 23.0 Å². The topological polar surface area (TPSA) is 84.0 Å². The van der Waals surface area contributed by atoms with E-state index >= 15 is 0 Å². The Morgan fingerprint density at radius 3 is 2.52 bits per heavy atom. The van der Waals surface area contributed by atoms with Gasteiger partial charge in [-0.25, -0.2) is 9.97 Å². The van der Waals surface area contributed by atoms with Gasteiger partial charge in [-0.05, 0) is 63.3 Å². The van der Waals surface area contributed by atoms with E-state index < -0.39 is 0 Å². The van der Waals surface area contributed by atoms with Gasteiger partial charge in [-0.15, -0.1) is 11.3 Å². The minimum absolute atomic E-state index is 0.187. The van der Waals surface area contributed by atoms with Crippen LogP contribution in [0.4, 0.5) is 5.69 Å². The summed E-state index contributed by atoms with van der Waals surface area (Å²) < 4.78 is 0. The maximum absolute atomic E-state index is 13.1. The van der Waals surface area contributed by atoms with Crippen molar-refractivity contribution in [3.05, 3.63) is 50.7 Å². The van der Waals surface area contributed by atoms with Gasteiger partial charge in [0.2, 0.25) is 0 Å². The average molecular weight is 483 g/mol. The van der Waals surface area contributed by atoms with E-state index in [9.17, 15) is 9.59 Å². The van der Waals surface area contributed by atoms with E-state index in [1.807, 2.05) is 13.8 Å². The molecule has 2 aromatic heterocycles. The van der Waals surface area contributed by atoms with Crippen LogP contribution >= 0.6 is 22.9 Å². The molecule has 0 unspecified atom stereocenters. The van der Waals surface area contributed by atoms with Gasteiger partial charge in [0.25, 0.3) is 11.8 Å². The summed E-state index contributed by atoms with van der Waals surface area (Å²) in [6, 6.07) is 5.21. The van der Waals surface area contributed by atoms with Crippen LogP contribution in [0.15, 0.2) is 18.2 Å². The summed E-state index contributed by atoms with van der Waals surface area (Å²) in [5, 5.41) is 7.36. The second-order valence-corrected chi connectivity index (χ2v) is 10.5. The summed E-state index contributed by atoms with van der Waals surface area (Å²) in [5.41, 5.74) is 2.72. The smallest absolute Gasteiger partial charge is 0.266 e. The van der Waals surface area contributed by atoms with Crippen molar-refractivity contribution < 1.29 is 9.59 Å². The van der Waals surface area contributed by atoms with Gasteiger partial charge in [-0.3, -0.25) is 9.59 Å². The number of carbonyl (C=O) groups is 2. The molecule has 2 aliphatic rings. The van der Waals surface area contributed by atoms with E-state index in [0.717, 1.165) is 65.8 Å². The second kappa shape index (κ2) is 9.03. The Kier molecular flexibility index (Phi) is 6.10. The zero-order valence-corrected chi connectivity index (χ0v) is 20.4. The lowest BCUT2D eigenvalue weighted by molar-refractivity contribution is 0.0927. The van der Waals surface area contributed by atoms with Crippen LogP contribution in [0.2, 0.25) is 5.02 Å². The molecule has 8 heteroatoms. The van der Waals surface area contributed by atoms with Crippen molar-refractivity contribution >= 4 is 50.7 Å². The highest BCUT2D eigenvalue weighted by Crippen LogP contribution is 2.40. The van der Waals surface area contributed by atoms with Crippen LogP contribution in [-0.2, 0) is 0 Å². The number of hydrogen-bond donors (Lipinski definition) is 2. The molecule has 3 aromatic rings. The molecular formula is C25H27ClN4O2S. The van der Waals surface area contributed by atoms with Crippen molar-refractivity contribution in [2.45, 2.75) is 70.8 Å². The van der Waals surface area contributed by atoms with Crippen molar-refractivity contribution in [1.29, 1.82) is 0 Å². The molecular weight excluding hydrogens is 456 g/mol. The Hall–Kier alpha value is -2.51. The molecule has 6 nitrogen and oxygen atoms in total. The third kappa shape index (κ3) is 4.62. The molecule has 2 fully saturated rings. The predicted molar refractivity (Wildman–Crippen MR) is 133 cm³/mol. The molecule has 172 valence electrons. The molecule has 1 aromatic carbocycles. The third-order valence-corrected chi connectivity index (χ3v) is 8.06. The fourth-order valence-electron chi connectivity index (χ4n) is 4.58. The highest BCUT2D eigenvalue weighted by Gasteiger charge is 2.28. The van der Waals surface area contributed by atoms with E-state index in [4.69, 9.17) is 16.6 Å². The average Bonchev–Trinajstić information content (AvgIpc) is 3.59. The number of aryl methyl sites for hydroxylation is 2. The Balaban J connectivity index is 1.37. The Morgan fingerprint density at radius 1 is 1.03 bits per heavy atom. The first kappa shape index (κ1) is 22.3. The molecule has 2 amide bonds. The fourth-order valence-corrected chi connectivity index (χ4v) is 5.91. The molecule has 2 aliphatic carbocycles. The molecule has 33 heavy (non-hydrogen) atoms. The third-order valence-electron chi connectivity index (χ3n) is 6.55. The van der Waals surface area contributed by atoms with E-state index in [1.54, 1.807) is 18.2 Å². The molecule has 0 atom stereocenters. The first-order valence-corrected chi connectivity index (χ1v) is 12.8. The number of halogens is 1. The summed E-state index contributed by atoms with van der Waals surface area (Å²) in [6.45, 7) is 3.92. The maximum Gasteiger partial charge on any atom is 0.266 e. The second-order valence-electron chi connectivity index (χ2n) is 9.13. The van der Waals surface area contributed by atoms with Crippen LogP contribution < -0.4 is 10.6 Å². The quantitative estimate of drug-likeness (QED) is 0.456. The Labute approximate surface area is 202 Å². The molecule has 0 aliphatic heterocycles. The number of aromatic nitrogens is 2. The zero-order valence-electron chi connectivity index (χ0n) is 18.8. The SMILES string of the molecule is Cc1nc(C2CC2)nc2sc(C(=O)Nc3ccc(Cl)c(C(=O)NC4CCCCC4)c3)c(C)c12. The number of thiophene rings is 1. The van der Waals surface area contributed by atoms with Crippen molar-refractivity contribution in [3.63, 3.8) is 0 Å². The Bertz CT molecular complexity index is 1240. The van der Waals surface area contributed by atoms with Gasteiger partial charge in [-0.2, -0.15) is 0 Å². The summed E-state index contributed by atoms with van der Waals surface area (Å²) >= 11 is 7.71. The number of benzene rings is 1. The van der Waals surface area contributed by atoms with Gasteiger partial charge in [0.15, 0.2) is 0 Å². The van der Waals surface area contributed by atoms with E-state index in [1.165, 1.54) is 17.8 Å². The van der Waals surface area contributed by atoms with Crippen molar-refractivity contribution in [2.24, 2.45) is 0 Å². The normalized spacial score (nSPS) is 16.7. The van der Waals surface area contributed by atoms with Gasteiger partial charge < -0.3 is 10.6 Å². The Morgan fingerprint density at radius 2 is 1.79 bits per heavy atom. The number of rotatable bonds is 5. The van der Waals surface area contributed by atoms with Crippen LogP contribution in [0.1, 0.15) is 88.0 Å². The maximum atomic E-state index is 13.1. The highest BCUT2D eigenvalue weighted by atomic mass is 35.5. The van der Waals surface area contributed by atoms with E-state index in [2.05, 4.69) is 15.6 Å².